The number of carbonyl (C=O) groups excluding carboxylic acids is 3. The van der Waals surface area contributed by atoms with Crippen molar-refractivity contribution in [1.29, 1.82) is 0 Å². The molecule has 9 heteroatoms. The van der Waals surface area contributed by atoms with E-state index in [1.54, 1.807) is 42.5 Å². The lowest BCUT2D eigenvalue weighted by molar-refractivity contribution is -0.142. The zero-order valence-corrected chi connectivity index (χ0v) is 18.8. The smallest absolute Gasteiger partial charge is 0.343 e. The molecule has 2 N–H and O–H groups in total. The number of carbonyl (C=O) groups is 3. The third-order valence-electron chi connectivity index (χ3n) is 4.56. The molecule has 2 amide bonds. The number of benzene rings is 2. The van der Waals surface area contributed by atoms with Gasteiger partial charge in [0.2, 0.25) is 5.91 Å². The molecule has 2 rings (SSSR count). The van der Waals surface area contributed by atoms with Crippen molar-refractivity contribution in [2.45, 2.75) is 19.9 Å². The van der Waals surface area contributed by atoms with Gasteiger partial charge in [0.05, 0.1) is 21.3 Å². The van der Waals surface area contributed by atoms with Gasteiger partial charge in [-0.15, -0.1) is 0 Å². The van der Waals surface area contributed by atoms with Crippen LogP contribution >= 0.6 is 0 Å². The van der Waals surface area contributed by atoms with Gasteiger partial charge in [0, 0.05) is 17.3 Å². The number of methoxy groups -OCH3 is 3. The van der Waals surface area contributed by atoms with E-state index in [0.29, 0.717) is 28.5 Å². The lowest BCUT2D eigenvalue weighted by Crippen LogP contribution is -2.47. The topological polar surface area (TPSA) is 112 Å². The van der Waals surface area contributed by atoms with Crippen molar-refractivity contribution < 1.29 is 33.3 Å². The molecule has 0 heterocycles. The van der Waals surface area contributed by atoms with E-state index < -0.39 is 17.9 Å². The van der Waals surface area contributed by atoms with Gasteiger partial charge < -0.3 is 29.6 Å². The molecule has 0 aromatic heterocycles. The van der Waals surface area contributed by atoms with Crippen LogP contribution in [0.15, 0.2) is 42.5 Å². The van der Waals surface area contributed by atoms with Gasteiger partial charge >= 0.3 is 5.97 Å². The molecule has 32 heavy (non-hydrogen) atoms. The second kappa shape index (κ2) is 11.6. The minimum Gasteiger partial charge on any atom is -0.497 e. The number of hydrogen-bond acceptors (Lipinski definition) is 7. The van der Waals surface area contributed by atoms with E-state index >= 15 is 0 Å². The minimum atomic E-state index is -0.782. The summed E-state index contributed by atoms with van der Waals surface area (Å²) in [5.74, 6) is -0.0760. The SMILES string of the molecule is COC(=O)COc1ccc(NC(=O)C(NC(=O)c2cc(OC)cc(OC)c2)C(C)C)cc1. The Morgan fingerprint density at radius 3 is 1.97 bits per heavy atom. The number of ether oxygens (including phenoxy) is 4. The van der Waals surface area contributed by atoms with Crippen molar-refractivity contribution in [2.24, 2.45) is 5.92 Å². The van der Waals surface area contributed by atoms with Crippen molar-refractivity contribution in [3.05, 3.63) is 48.0 Å². The third-order valence-corrected chi connectivity index (χ3v) is 4.56. The summed E-state index contributed by atoms with van der Waals surface area (Å²) in [6.45, 7) is 3.46. The Bertz CT molecular complexity index is 920. The summed E-state index contributed by atoms with van der Waals surface area (Å²) >= 11 is 0. The normalized spacial score (nSPS) is 11.3. The highest BCUT2D eigenvalue weighted by Crippen LogP contribution is 2.23. The van der Waals surface area contributed by atoms with Gasteiger partial charge in [-0.2, -0.15) is 0 Å². The van der Waals surface area contributed by atoms with Crippen LogP contribution in [0.5, 0.6) is 17.2 Å². The highest BCUT2D eigenvalue weighted by molar-refractivity contribution is 6.01. The predicted molar refractivity (Wildman–Crippen MR) is 118 cm³/mol. The van der Waals surface area contributed by atoms with Gasteiger partial charge in [-0.1, -0.05) is 13.8 Å². The number of rotatable bonds is 10. The van der Waals surface area contributed by atoms with Crippen molar-refractivity contribution in [3.63, 3.8) is 0 Å². The van der Waals surface area contributed by atoms with Gasteiger partial charge in [0.25, 0.3) is 5.91 Å². The molecule has 9 nitrogen and oxygen atoms in total. The maximum Gasteiger partial charge on any atom is 0.343 e. The standard InChI is InChI=1S/C23H28N2O7/c1-14(2)21(25-22(27)15-10-18(29-3)12-19(11-15)30-4)23(28)24-16-6-8-17(9-7-16)32-13-20(26)31-5/h6-12,14,21H,13H2,1-5H3,(H,24,28)(H,25,27). The molecule has 2 aromatic rings. The van der Waals surface area contributed by atoms with Crippen LogP contribution in [0.1, 0.15) is 24.2 Å². The zero-order chi connectivity index (χ0) is 23.7. The fourth-order valence-electron chi connectivity index (χ4n) is 2.75. The van der Waals surface area contributed by atoms with Crippen molar-refractivity contribution >= 4 is 23.5 Å². The lowest BCUT2D eigenvalue weighted by Gasteiger charge is -2.22. The Hall–Kier alpha value is -3.75. The van der Waals surface area contributed by atoms with Gasteiger partial charge in [0.15, 0.2) is 6.61 Å². The van der Waals surface area contributed by atoms with E-state index in [9.17, 15) is 14.4 Å². The largest absolute Gasteiger partial charge is 0.497 e. The average Bonchev–Trinajstić information content (AvgIpc) is 2.80. The summed E-state index contributed by atoms with van der Waals surface area (Å²) in [6, 6.07) is 10.5. The second-order valence-electron chi connectivity index (χ2n) is 7.17. The number of hydrogen-bond donors (Lipinski definition) is 2. The van der Waals surface area contributed by atoms with Gasteiger partial charge in [0.1, 0.15) is 23.3 Å². The van der Waals surface area contributed by atoms with Gasteiger partial charge in [-0.05, 0) is 42.3 Å². The molecule has 0 bridgehead atoms. The van der Waals surface area contributed by atoms with Crippen molar-refractivity contribution in [2.75, 3.05) is 33.3 Å². The molecular formula is C23H28N2O7. The first-order valence-corrected chi connectivity index (χ1v) is 9.91. The summed E-state index contributed by atoms with van der Waals surface area (Å²) < 4.78 is 20.2. The first-order valence-electron chi connectivity index (χ1n) is 9.91. The zero-order valence-electron chi connectivity index (χ0n) is 18.8. The molecule has 0 fully saturated rings. The minimum absolute atomic E-state index is 0.172. The van der Waals surface area contributed by atoms with Crippen LogP contribution in [-0.2, 0) is 14.3 Å². The molecule has 0 saturated heterocycles. The maximum absolute atomic E-state index is 12.8. The van der Waals surface area contributed by atoms with Gasteiger partial charge in [-0.3, -0.25) is 9.59 Å². The molecule has 172 valence electrons. The van der Waals surface area contributed by atoms with Gasteiger partial charge in [-0.25, -0.2) is 4.79 Å². The fourth-order valence-corrected chi connectivity index (χ4v) is 2.75. The lowest BCUT2D eigenvalue weighted by atomic mass is 10.0. The van der Waals surface area contributed by atoms with Crippen LogP contribution in [-0.4, -0.2) is 51.8 Å². The van der Waals surface area contributed by atoms with Crippen LogP contribution in [0.4, 0.5) is 5.69 Å². The quantitative estimate of drug-likeness (QED) is 0.542. The number of nitrogens with one attached hydrogen (secondary N) is 2. The molecule has 1 atom stereocenters. The predicted octanol–water partition coefficient (Wildman–Crippen LogP) is 2.65. The van der Waals surface area contributed by atoms with Crippen LogP contribution in [0.2, 0.25) is 0 Å². The average molecular weight is 444 g/mol. The molecule has 0 radical (unpaired) electrons. The summed E-state index contributed by atoms with van der Waals surface area (Å²) in [5, 5.41) is 5.55. The van der Waals surface area contributed by atoms with E-state index in [0.717, 1.165) is 0 Å². The van der Waals surface area contributed by atoms with Crippen molar-refractivity contribution in [1.82, 2.24) is 5.32 Å². The highest BCUT2D eigenvalue weighted by atomic mass is 16.6. The van der Waals surface area contributed by atoms with Crippen LogP contribution < -0.4 is 24.8 Å². The van der Waals surface area contributed by atoms with Crippen LogP contribution in [0.3, 0.4) is 0 Å². The van der Waals surface area contributed by atoms with E-state index in [1.807, 2.05) is 13.8 Å². The van der Waals surface area contributed by atoms with E-state index in [1.165, 1.54) is 21.3 Å². The first-order chi connectivity index (χ1) is 15.3. The molecule has 0 aliphatic rings. The summed E-state index contributed by atoms with van der Waals surface area (Å²) in [4.78, 5) is 36.8. The highest BCUT2D eigenvalue weighted by Gasteiger charge is 2.25. The van der Waals surface area contributed by atoms with E-state index in [2.05, 4.69) is 15.4 Å². The Labute approximate surface area is 187 Å². The second-order valence-corrected chi connectivity index (χ2v) is 7.17. The summed E-state index contributed by atoms with van der Waals surface area (Å²) in [6.07, 6.45) is 0. The molecule has 0 aliphatic heterocycles. The summed E-state index contributed by atoms with van der Waals surface area (Å²) in [7, 11) is 4.26. The molecule has 0 spiro atoms. The molecule has 0 saturated carbocycles. The molecule has 0 aliphatic carbocycles. The Morgan fingerprint density at radius 1 is 0.875 bits per heavy atom. The number of esters is 1. The Morgan fingerprint density at radius 2 is 1.47 bits per heavy atom. The molecular weight excluding hydrogens is 416 g/mol. The Kier molecular flexibility index (Phi) is 8.88. The fraction of sp³-hybridized carbons (Fsp3) is 0.348. The van der Waals surface area contributed by atoms with Crippen molar-refractivity contribution in [3.8, 4) is 17.2 Å². The van der Waals surface area contributed by atoms with Crippen LogP contribution in [0, 0.1) is 5.92 Å². The number of anilines is 1. The van der Waals surface area contributed by atoms with E-state index in [4.69, 9.17) is 14.2 Å². The van der Waals surface area contributed by atoms with Crippen LogP contribution in [0.25, 0.3) is 0 Å². The number of amides is 2. The first kappa shape index (κ1) is 24.5. The monoisotopic (exact) mass is 444 g/mol. The molecule has 2 aromatic carbocycles. The third kappa shape index (κ3) is 6.90. The molecule has 1 unspecified atom stereocenters. The summed E-state index contributed by atoms with van der Waals surface area (Å²) in [5.41, 5.74) is 0.829. The Balaban J connectivity index is 2.06. The maximum atomic E-state index is 12.8. The van der Waals surface area contributed by atoms with E-state index in [-0.39, 0.29) is 18.4 Å².